The number of nitrogens with one attached hydrogen (secondary N) is 1. The Labute approximate surface area is 154 Å². The number of methoxy groups -OCH3 is 1. The molecule has 138 valence electrons. The number of hydrogen-bond donors (Lipinski definition) is 2. The number of pyridine rings is 1. The van der Waals surface area contributed by atoms with Crippen molar-refractivity contribution in [2.45, 2.75) is 19.7 Å². The van der Waals surface area contributed by atoms with E-state index in [1.807, 2.05) is 35.0 Å². The molecule has 0 fully saturated rings. The Morgan fingerprint density at radius 1 is 1.22 bits per heavy atom. The van der Waals surface area contributed by atoms with Crippen molar-refractivity contribution in [3.63, 3.8) is 0 Å². The predicted octanol–water partition coefficient (Wildman–Crippen LogP) is 1.60. The summed E-state index contributed by atoms with van der Waals surface area (Å²) in [4.78, 5) is 17.2. The van der Waals surface area contributed by atoms with Gasteiger partial charge in [0.2, 0.25) is 5.95 Å². The fourth-order valence-electron chi connectivity index (χ4n) is 2.75. The van der Waals surface area contributed by atoms with Crippen LogP contribution < -0.4 is 11.1 Å². The molecule has 0 saturated carbocycles. The van der Waals surface area contributed by atoms with Gasteiger partial charge in [-0.15, -0.1) is 0 Å². The Bertz CT molecular complexity index is 1040. The molecule has 0 radical (unpaired) electrons. The lowest BCUT2D eigenvalue weighted by Crippen LogP contribution is -2.09. The summed E-state index contributed by atoms with van der Waals surface area (Å²) >= 11 is 0. The molecule has 0 bridgehead atoms. The summed E-state index contributed by atoms with van der Waals surface area (Å²) < 4.78 is 12.1. The number of nitrogen functional groups attached to an aromatic ring is 1. The Kier molecular flexibility index (Phi) is 4.62. The summed E-state index contributed by atoms with van der Waals surface area (Å²) in [6.07, 6.45) is 3.70. The zero-order valence-corrected chi connectivity index (χ0v) is 14.7. The molecule has 0 aliphatic heterocycles. The molecular formula is C17H18N8O2. The van der Waals surface area contributed by atoms with Gasteiger partial charge in [-0.3, -0.25) is 4.98 Å². The van der Waals surface area contributed by atoms with E-state index in [4.69, 9.17) is 15.0 Å². The molecule has 0 amide bonds. The van der Waals surface area contributed by atoms with E-state index in [-0.39, 0.29) is 12.6 Å². The van der Waals surface area contributed by atoms with Crippen LogP contribution in [0.1, 0.15) is 17.4 Å². The first-order chi connectivity index (χ1) is 13.2. The summed E-state index contributed by atoms with van der Waals surface area (Å²) in [6.45, 7) is 1.19. The minimum atomic E-state index is 0.189. The summed E-state index contributed by atoms with van der Waals surface area (Å²) in [7, 11) is 1.57. The van der Waals surface area contributed by atoms with Gasteiger partial charge in [-0.1, -0.05) is 11.2 Å². The molecule has 10 nitrogen and oxygen atoms in total. The Morgan fingerprint density at radius 3 is 2.96 bits per heavy atom. The highest BCUT2D eigenvalue weighted by molar-refractivity contribution is 5.87. The highest BCUT2D eigenvalue weighted by atomic mass is 16.5. The summed E-state index contributed by atoms with van der Waals surface area (Å²) in [5, 5.41) is 7.12. The van der Waals surface area contributed by atoms with Gasteiger partial charge in [0.25, 0.3) is 5.89 Å². The van der Waals surface area contributed by atoms with Crippen LogP contribution >= 0.6 is 0 Å². The van der Waals surface area contributed by atoms with Crippen molar-refractivity contribution in [1.82, 2.24) is 29.7 Å². The molecule has 4 rings (SSSR count). The number of hydrogen-bond acceptors (Lipinski definition) is 9. The monoisotopic (exact) mass is 366 g/mol. The molecule has 0 unspecified atom stereocenters. The highest BCUT2D eigenvalue weighted by Gasteiger charge is 2.13. The molecule has 4 heterocycles. The van der Waals surface area contributed by atoms with Gasteiger partial charge in [0.05, 0.1) is 24.3 Å². The maximum absolute atomic E-state index is 5.85. The largest absolute Gasteiger partial charge is 0.375 e. The molecule has 10 heteroatoms. The van der Waals surface area contributed by atoms with E-state index < -0.39 is 0 Å². The minimum Gasteiger partial charge on any atom is -0.375 e. The van der Waals surface area contributed by atoms with Crippen LogP contribution in [0.2, 0.25) is 0 Å². The second-order valence-electron chi connectivity index (χ2n) is 5.82. The third kappa shape index (κ3) is 3.70. The summed E-state index contributed by atoms with van der Waals surface area (Å²) in [5.74, 6) is 1.70. The molecule has 0 spiro atoms. The minimum absolute atomic E-state index is 0.189. The molecule has 0 aliphatic rings. The van der Waals surface area contributed by atoms with Crippen LogP contribution in [0.3, 0.4) is 0 Å². The van der Waals surface area contributed by atoms with Crippen LogP contribution in [0.15, 0.2) is 41.2 Å². The van der Waals surface area contributed by atoms with Crippen molar-refractivity contribution in [2.75, 3.05) is 18.2 Å². The normalized spacial score (nSPS) is 11.1. The lowest BCUT2D eigenvalue weighted by atomic mass is 10.3. The first-order valence-electron chi connectivity index (χ1n) is 8.29. The quantitative estimate of drug-likeness (QED) is 0.501. The Morgan fingerprint density at radius 2 is 2.15 bits per heavy atom. The predicted molar refractivity (Wildman–Crippen MR) is 97.6 cm³/mol. The van der Waals surface area contributed by atoms with Crippen molar-refractivity contribution in [1.29, 1.82) is 0 Å². The summed E-state index contributed by atoms with van der Waals surface area (Å²) in [5.41, 5.74) is 8.35. The number of ether oxygens (including phenoxy) is 1. The van der Waals surface area contributed by atoms with E-state index in [2.05, 4.69) is 30.4 Å². The zero-order valence-electron chi connectivity index (χ0n) is 14.7. The van der Waals surface area contributed by atoms with Crippen molar-refractivity contribution >= 4 is 22.8 Å². The van der Waals surface area contributed by atoms with Gasteiger partial charge >= 0.3 is 0 Å². The molecule has 4 aromatic rings. The molecule has 4 aromatic heterocycles. The van der Waals surface area contributed by atoms with Gasteiger partial charge in [0, 0.05) is 19.5 Å². The maximum Gasteiger partial charge on any atom is 0.252 e. The fraction of sp³-hybridized carbons (Fsp3) is 0.235. The van der Waals surface area contributed by atoms with E-state index in [1.165, 1.54) is 0 Å². The first-order valence-corrected chi connectivity index (χ1v) is 8.29. The SMILES string of the molecule is COCc1nc(CNc2nc(N)nc3ccn(Cc4ccccn4)c23)no1. The maximum atomic E-state index is 5.85. The molecule has 0 atom stereocenters. The average Bonchev–Trinajstić information content (AvgIpc) is 3.28. The molecular weight excluding hydrogens is 348 g/mol. The lowest BCUT2D eigenvalue weighted by Gasteiger charge is -2.10. The van der Waals surface area contributed by atoms with Crippen LogP contribution in [-0.2, 0) is 24.4 Å². The Balaban J connectivity index is 1.61. The number of rotatable bonds is 7. The fourth-order valence-corrected chi connectivity index (χ4v) is 2.75. The van der Waals surface area contributed by atoms with Crippen molar-refractivity contribution in [3.05, 3.63) is 54.1 Å². The second kappa shape index (κ2) is 7.38. The van der Waals surface area contributed by atoms with Crippen molar-refractivity contribution < 1.29 is 9.26 Å². The van der Waals surface area contributed by atoms with Gasteiger partial charge in [-0.25, -0.2) is 4.98 Å². The van der Waals surface area contributed by atoms with E-state index in [9.17, 15) is 0 Å². The van der Waals surface area contributed by atoms with E-state index in [0.29, 0.717) is 30.6 Å². The molecule has 27 heavy (non-hydrogen) atoms. The second-order valence-corrected chi connectivity index (χ2v) is 5.82. The Hall–Kier alpha value is -3.53. The van der Waals surface area contributed by atoms with E-state index in [0.717, 1.165) is 16.7 Å². The topological polar surface area (TPSA) is 130 Å². The summed E-state index contributed by atoms with van der Waals surface area (Å²) in [6, 6.07) is 7.70. The van der Waals surface area contributed by atoms with Crippen LogP contribution in [0.5, 0.6) is 0 Å². The molecule has 3 N–H and O–H groups in total. The van der Waals surface area contributed by atoms with Gasteiger partial charge in [0.1, 0.15) is 12.1 Å². The standard InChI is InChI=1S/C17H18N8O2/c1-26-10-14-22-13(24-27-14)8-20-16-15-12(21-17(18)23-16)5-7-25(15)9-11-4-2-3-6-19-11/h2-7H,8-10H2,1H3,(H3,18,20,21,23). The highest BCUT2D eigenvalue weighted by Crippen LogP contribution is 2.23. The van der Waals surface area contributed by atoms with Crippen LogP contribution in [0.25, 0.3) is 11.0 Å². The van der Waals surface area contributed by atoms with Crippen LogP contribution in [0.4, 0.5) is 11.8 Å². The third-order valence-electron chi connectivity index (χ3n) is 3.88. The van der Waals surface area contributed by atoms with Gasteiger partial charge in [-0.2, -0.15) is 9.97 Å². The number of fused-ring (bicyclic) bond motifs is 1. The van der Waals surface area contributed by atoms with E-state index >= 15 is 0 Å². The van der Waals surface area contributed by atoms with Crippen molar-refractivity contribution in [3.8, 4) is 0 Å². The molecule has 0 aromatic carbocycles. The van der Waals surface area contributed by atoms with Gasteiger partial charge in [0.15, 0.2) is 11.6 Å². The van der Waals surface area contributed by atoms with Crippen molar-refractivity contribution in [2.24, 2.45) is 0 Å². The molecule has 0 saturated heterocycles. The molecule has 0 aliphatic carbocycles. The number of nitrogens with two attached hydrogens (primary N) is 1. The van der Waals surface area contributed by atoms with E-state index in [1.54, 1.807) is 13.3 Å². The van der Waals surface area contributed by atoms with Crippen LogP contribution in [-0.4, -0.2) is 36.8 Å². The zero-order chi connectivity index (χ0) is 18.6. The number of anilines is 2. The van der Waals surface area contributed by atoms with Gasteiger partial charge < -0.3 is 24.9 Å². The number of nitrogens with zero attached hydrogens (tertiary/aromatic N) is 6. The average molecular weight is 366 g/mol. The smallest absolute Gasteiger partial charge is 0.252 e. The van der Waals surface area contributed by atoms with Gasteiger partial charge in [-0.05, 0) is 18.2 Å². The first kappa shape index (κ1) is 16.9. The third-order valence-corrected chi connectivity index (χ3v) is 3.88. The number of aromatic nitrogens is 6. The van der Waals surface area contributed by atoms with Crippen LogP contribution in [0, 0.1) is 0 Å². The lowest BCUT2D eigenvalue weighted by molar-refractivity contribution is 0.151.